The zero-order valence-electron chi connectivity index (χ0n) is 15.4. The van der Waals surface area contributed by atoms with E-state index in [9.17, 15) is 9.18 Å². The molecule has 1 aromatic heterocycles. The number of halogens is 1. The van der Waals surface area contributed by atoms with Gasteiger partial charge in [-0.1, -0.05) is 0 Å². The van der Waals surface area contributed by atoms with Crippen molar-refractivity contribution in [2.45, 2.75) is 31.8 Å². The smallest absolute Gasteiger partial charge is 0.236 e. The lowest BCUT2D eigenvalue weighted by Gasteiger charge is -2.20. The summed E-state index contributed by atoms with van der Waals surface area (Å²) in [5, 5.41) is 7.41. The van der Waals surface area contributed by atoms with Crippen molar-refractivity contribution in [1.29, 1.82) is 0 Å². The van der Waals surface area contributed by atoms with E-state index in [1.807, 2.05) is 11.0 Å². The van der Waals surface area contributed by atoms with Crippen LogP contribution in [0.2, 0.25) is 0 Å². The van der Waals surface area contributed by atoms with Gasteiger partial charge in [0.15, 0.2) is 0 Å². The van der Waals surface area contributed by atoms with Crippen molar-refractivity contribution in [3.63, 3.8) is 0 Å². The van der Waals surface area contributed by atoms with Crippen LogP contribution in [0, 0.1) is 5.82 Å². The molecule has 144 valence electrons. The standard InChI is InChI=1S/C20H25FN4O2/c21-16-3-5-18(6-4-16)27-14-17-11-19(23-22-17)15-7-10-25(12-15)20(26)13-24-8-1-2-9-24/h3-6,11,15H,1-2,7-10,12-14H2,(H,22,23). The van der Waals surface area contributed by atoms with E-state index in [4.69, 9.17) is 4.74 Å². The lowest BCUT2D eigenvalue weighted by atomic mass is 10.1. The van der Waals surface area contributed by atoms with Gasteiger partial charge >= 0.3 is 0 Å². The third-order valence-corrected chi connectivity index (χ3v) is 5.38. The van der Waals surface area contributed by atoms with Crippen LogP contribution in [-0.4, -0.2) is 58.6 Å². The molecule has 0 saturated carbocycles. The quantitative estimate of drug-likeness (QED) is 0.847. The fraction of sp³-hybridized carbons (Fsp3) is 0.500. The van der Waals surface area contributed by atoms with Crippen LogP contribution in [0.1, 0.15) is 36.6 Å². The molecule has 4 rings (SSSR count). The minimum Gasteiger partial charge on any atom is -0.487 e. The van der Waals surface area contributed by atoms with Crippen LogP contribution in [0.25, 0.3) is 0 Å². The Hall–Kier alpha value is -2.41. The van der Waals surface area contributed by atoms with E-state index in [1.165, 1.54) is 25.0 Å². The molecule has 1 atom stereocenters. The van der Waals surface area contributed by atoms with E-state index < -0.39 is 0 Å². The minimum absolute atomic E-state index is 0.231. The summed E-state index contributed by atoms with van der Waals surface area (Å²) in [4.78, 5) is 16.7. The summed E-state index contributed by atoms with van der Waals surface area (Å²) in [6.45, 7) is 4.51. The number of aromatic nitrogens is 2. The second-order valence-corrected chi connectivity index (χ2v) is 7.37. The number of carbonyl (C=O) groups excluding carboxylic acids is 1. The van der Waals surface area contributed by atoms with E-state index in [0.717, 1.165) is 44.0 Å². The molecule has 6 nitrogen and oxygen atoms in total. The number of nitrogens with one attached hydrogen (secondary N) is 1. The molecule has 3 heterocycles. The van der Waals surface area contributed by atoms with Crippen molar-refractivity contribution in [3.8, 4) is 5.75 Å². The Morgan fingerprint density at radius 2 is 2.00 bits per heavy atom. The molecular formula is C20H25FN4O2. The molecule has 2 aliphatic heterocycles. The SMILES string of the molecule is O=C(CN1CCCC1)N1CCC(c2cc(COc3ccc(F)cc3)[nH]n2)C1. The van der Waals surface area contributed by atoms with Gasteiger partial charge in [-0.25, -0.2) is 4.39 Å². The Bertz CT molecular complexity index is 771. The van der Waals surface area contributed by atoms with Crippen molar-refractivity contribution in [2.24, 2.45) is 0 Å². The number of aromatic amines is 1. The topological polar surface area (TPSA) is 61.5 Å². The van der Waals surface area contributed by atoms with Gasteiger partial charge in [-0.3, -0.25) is 14.8 Å². The second kappa shape index (κ2) is 8.08. The van der Waals surface area contributed by atoms with Gasteiger partial charge in [-0.05, 0) is 62.7 Å². The summed E-state index contributed by atoms with van der Waals surface area (Å²) >= 11 is 0. The number of hydrogen-bond donors (Lipinski definition) is 1. The highest BCUT2D eigenvalue weighted by molar-refractivity contribution is 5.78. The molecule has 27 heavy (non-hydrogen) atoms. The van der Waals surface area contributed by atoms with E-state index in [-0.39, 0.29) is 17.6 Å². The van der Waals surface area contributed by atoms with Gasteiger partial charge < -0.3 is 9.64 Å². The van der Waals surface area contributed by atoms with E-state index in [2.05, 4.69) is 15.1 Å². The van der Waals surface area contributed by atoms with Crippen LogP contribution < -0.4 is 4.74 Å². The molecule has 1 unspecified atom stereocenters. The maximum atomic E-state index is 12.9. The Morgan fingerprint density at radius 1 is 1.22 bits per heavy atom. The molecule has 0 radical (unpaired) electrons. The van der Waals surface area contributed by atoms with E-state index in [1.54, 1.807) is 12.1 Å². The number of hydrogen-bond acceptors (Lipinski definition) is 4. The Morgan fingerprint density at radius 3 is 2.78 bits per heavy atom. The largest absolute Gasteiger partial charge is 0.487 e. The Kier molecular flexibility index (Phi) is 5.38. The first-order valence-electron chi connectivity index (χ1n) is 9.60. The Balaban J connectivity index is 1.28. The minimum atomic E-state index is -0.281. The summed E-state index contributed by atoms with van der Waals surface area (Å²) < 4.78 is 18.6. The van der Waals surface area contributed by atoms with Gasteiger partial charge in [0.25, 0.3) is 0 Å². The molecule has 2 saturated heterocycles. The monoisotopic (exact) mass is 372 g/mol. The van der Waals surface area contributed by atoms with Gasteiger partial charge in [0.1, 0.15) is 18.2 Å². The lowest BCUT2D eigenvalue weighted by Crippen LogP contribution is -2.38. The molecular weight excluding hydrogens is 347 g/mol. The number of H-pyrrole nitrogens is 1. The summed E-state index contributed by atoms with van der Waals surface area (Å²) in [5.74, 6) is 0.835. The van der Waals surface area contributed by atoms with Crippen molar-refractivity contribution >= 4 is 5.91 Å². The molecule has 1 aromatic carbocycles. The molecule has 0 aliphatic carbocycles. The number of carbonyl (C=O) groups is 1. The van der Waals surface area contributed by atoms with Crippen LogP contribution in [-0.2, 0) is 11.4 Å². The zero-order chi connectivity index (χ0) is 18.6. The third kappa shape index (κ3) is 4.47. The van der Waals surface area contributed by atoms with Crippen molar-refractivity contribution < 1.29 is 13.9 Å². The first-order valence-corrected chi connectivity index (χ1v) is 9.60. The van der Waals surface area contributed by atoms with Crippen LogP contribution in [0.5, 0.6) is 5.75 Å². The first kappa shape index (κ1) is 18.0. The van der Waals surface area contributed by atoms with Crippen molar-refractivity contribution in [1.82, 2.24) is 20.0 Å². The van der Waals surface area contributed by atoms with Gasteiger partial charge in [-0.15, -0.1) is 0 Å². The lowest BCUT2D eigenvalue weighted by molar-refractivity contribution is -0.131. The highest BCUT2D eigenvalue weighted by Crippen LogP contribution is 2.27. The maximum absolute atomic E-state index is 12.9. The average Bonchev–Trinajstić information content (AvgIpc) is 3.42. The van der Waals surface area contributed by atoms with Gasteiger partial charge in [0, 0.05) is 19.0 Å². The van der Waals surface area contributed by atoms with Crippen LogP contribution in [0.4, 0.5) is 4.39 Å². The number of benzene rings is 1. The summed E-state index contributed by atoms with van der Waals surface area (Å²) in [6, 6.07) is 7.96. The molecule has 2 aromatic rings. The van der Waals surface area contributed by atoms with E-state index >= 15 is 0 Å². The van der Waals surface area contributed by atoms with Gasteiger partial charge in [-0.2, -0.15) is 5.10 Å². The number of nitrogens with zero attached hydrogens (tertiary/aromatic N) is 3. The maximum Gasteiger partial charge on any atom is 0.236 e. The fourth-order valence-corrected chi connectivity index (χ4v) is 3.81. The Labute approximate surface area is 158 Å². The first-order chi connectivity index (χ1) is 13.2. The highest BCUT2D eigenvalue weighted by atomic mass is 19.1. The van der Waals surface area contributed by atoms with Gasteiger partial charge in [0.2, 0.25) is 5.91 Å². The van der Waals surface area contributed by atoms with Crippen LogP contribution in [0.15, 0.2) is 30.3 Å². The molecule has 7 heteroatoms. The number of ether oxygens (including phenoxy) is 1. The highest BCUT2D eigenvalue weighted by Gasteiger charge is 2.30. The normalized spacial score (nSPS) is 20.3. The van der Waals surface area contributed by atoms with Gasteiger partial charge in [0.05, 0.1) is 17.9 Å². The fourth-order valence-electron chi connectivity index (χ4n) is 3.81. The zero-order valence-corrected chi connectivity index (χ0v) is 15.4. The van der Waals surface area contributed by atoms with Crippen molar-refractivity contribution in [3.05, 3.63) is 47.5 Å². The molecule has 1 N–H and O–H groups in total. The summed E-state index contributed by atoms with van der Waals surface area (Å²) in [6.07, 6.45) is 3.34. The van der Waals surface area contributed by atoms with Crippen molar-refractivity contribution in [2.75, 3.05) is 32.7 Å². The molecule has 2 aliphatic rings. The predicted octanol–water partition coefficient (Wildman–Crippen LogP) is 2.54. The third-order valence-electron chi connectivity index (χ3n) is 5.38. The second-order valence-electron chi connectivity index (χ2n) is 7.37. The average molecular weight is 372 g/mol. The van der Waals surface area contributed by atoms with Crippen LogP contribution >= 0.6 is 0 Å². The number of amides is 1. The van der Waals surface area contributed by atoms with Crippen LogP contribution in [0.3, 0.4) is 0 Å². The predicted molar refractivity (Wildman–Crippen MR) is 98.9 cm³/mol. The molecule has 0 spiro atoms. The number of likely N-dealkylation sites (tertiary alicyclic amines) is 2. The molecule has 1 amide bonds. The van der Waals surface area contributed by atoms with E-state index in [0.29, 0.717) is 18.9 Å². The summed E-state index contributed by atoms with van der Waals surface area (Å²) in [7, 11) is 0. The molecule has 2 fully saturated rings. The summed E-state index contributed by atoms with van der Waals surface area (Å²) in [5.41, 5.74) is 1.85. The number of rotatable bonds is 6. The molecule has 0 bridgehead atoms.